The van der Waals surface area contributed by atoms with E-state index in [1.165, 1.54) is 263 Å². The highest BCUT2D eigenvalue weighted by Gasteiger charge is 2.23. The van der Waals surface area contributed by atoms with E-state index in [9.17, 15) is 19.4 Å². The molecule has 3 atom stereocenters. The van der Waals surface area contributed by atoms with Crippen LogP contribution in [0.4, 0.5) is 0 Å². The number of carbonyl (C=O) groups is 1. The lowest BCUT2D eigenvalue weighted by atomic mass is 10.0. The number of hydrogen-bond acceptors (Lipinski definition) is 6. The third-order valence-corrected chi connectivity index (χ3v) is 15.5. The van der Waals surface area contributed by atoms with Crippen LogP contribution in [0, 0.1) is 0 Å². The summed E-state index contributed by atoms with van der Waals surface area (Å²) in [5.74, 6) is -0.190. The average Bonchev–Trinajstić information content (AvgIpc) is 3.32. The van der Waals surface area contributed by atoms with Gasteiger partial charge in [0.25, 0.3) is 7.82 Å². The molecule has 0 aliphatic heterocycles. The number of rotatable bonds is 58. The Morgan fingerprint density at radius 2 is 0.771 bits per heavy atom. The second-order valence-corrected chi connectivity index (χ2v) is 24.2. The van der Waals surface area contributed by atoms with Crippen LogP contribution in [0.3, 0.4) is 0 Å². The molecule has 0 saturated carbocycles. The number of allylic oxidation sites excluding steroid dienone is 1. The molecule has 0 aromatic carbocycles. The van der Waals surface area contributed by atoms with Crippen LogP contribution >= 0.6 is 7.82 Å². The normalized spacial score (nSPS) is 13.9. The Bertz CT molecular complexity index is 1150. The largest absolute Gasteiger partial charge is 0.756 e. The number of carbonyl (C=O) groups excluding carboxylic acids is 1. The zero-order valence-electron chi connectivity index (χ0n) is 47.8. The summed E-state index contributed by atoms with van der Waals surface area (Å²) in [5.41, 5.74) is 0. The quantitative estimate of drug-likeness (QED) is 0.0272. The molecule has 8 nitrogen and oxygen atoms in total. The van der Waals surface area contributed by atoms with Crippen LogP contribution in [-0.2, 0) is 18.4 Å². The standard InChI is InChI=1S/C61H123N2O6P/c1-6-8-10-12-14-16-18-20-22-24-26-27-28-29-30-31-32-33-34-35-37-38-40-42-44-46-48-50-52-54-60(64)59(58-69-70(66,67)68-57-56-63(3,4)5)62-61(65)55-53-51-49-47-45-43-41-39-36-25-23-21-19-17-15-13-11-9-7-2/h52,54,59-60,64H,6-51,53,55-58H2,1-5H3,(H-,62,65,66,67)/b54-52+. The lowest BCUT2D eigenvalue weighted by Gasteiger charge is -2.29. The summed E-state index contributed by atoms with van der Waals surface area (Å²) in [4.78, 5) is 25.5. The van der Waals surface area contributed by atoms with Gasteiger partial charge in [-0.05, 0) is 19.3 Å². The number of unbranched alkanes of at least 4 members (excludes halogenated alkanes) is 45. The third kappa shape index (κ3) is 55.0. The van der Waals surface area contributed by atoms with E-state index < -0.39 is 20.0 Å². The molecule has 0 fully saturated rings. The number of phosphoric ester groups is 1. The fraction of sp³-hybridized carbons (Fsp3) is 0.951. The van der Waals surface area contributed by atoms with Crippen molar-refractivity contribution < 1.29 is 32.9 Å². The van der Waals surface area contributed by atoms with E-state index in [0.29, 0.717) is 17.4 Å². The number of hydrogen-bond donors (Lipinski definition) is 2. The van der Waals surface area contributed by atoms with E-state index >= 15 is 0 Å². The third-order valence-electron chi connectivity index (χ3n) is 14.5. The summed E-state index contributed by atoms with van der Waals surface area (Å²) in [6.07, 6.45) is 65.9. The molecule has 0 aliphatic carbocycles. The fourth-order valence-corrected chi connectivity index (χ4v) is 10.4. The van der Waals surface area contributed by atoms with Gasteiger partial charge >= 0.3 is 0 Å². The number of amides is 1. The lowest BCUT2D eigenvalue weighted by molar-refractivity contribution is -0.870. The summed E-state index contributed by atoms with van der Waals surface area (Å²) in [6.45, 7) is 4.71. The minimum atomic E-state index is -4.59. The summed E-state index contributed by atoms with van der Waals surface area (Å²) < 4.78 is 23.4. The Hall–Kier alpha value is -0.760. The minimum absolute atomic E-state index is 0.00279. The SMILES string of the molecule is CCCCCCCCCCCCCCCCCCCCCCCCCCCCC/C=C/C(O)C(COP(=O)([O-])OCC[N+](C)(C)C)NC(=O)CCCCCCCCCCCCCCCCCCCCC. The van der Waals surface area contributed by atoms with Gasteiger partial charge in [-0.2, -0.15) is 0 Å². The Labute approximate surface area is 437 Å². The van der Waals surface area contributed by atoms with Crippen LogP contribution in [0.15, 0.2) is 12.2 Å². The average molecular weight is 1010 g/mol. The molecule has 2 N–H and O–H groups in total. The molecule has 0 aliphatic rings. The van der Waals surface area contributed by atoms with Crippen molar-refractivity contribution in [1.29, 1.82) is 0 Å². The zero-order chi connectivity index (χ0) is 51.3. The fourth-order valence-electron chi connectivity index (χ4n) is 9.63. The van der Waals surface area contributed by atoms with Crippen LogP contribution < -0.4 is 10.2 Å². The smallest absolute Gasteiger partial charge is 0.268 e. The Kier molecular flexibility index (Phi) is 52.5. The molecule has 0 aromatic rings. The van der Waals surface area contributed by atoms with E-state index in [1.54, 1.807) is 6.08 Å². The molecule has 0 radical (unpaired) electrons. The first-order chi connectivity index (χ1) is 34.0. The molecule has 0 rings (SSSR count). The molecular formula is C61H123N2O6P. The highest BCUT2D eigenvalue weighted by atomic mass is 31.2. The van der Waals surface area contributed by atoms with Crippen molar-refractivity contribution in [3.8, 4) is 0 Å². The van der Waals surface area contributed by atoms with Crippen molar-refractivity contribution in [2.75, 3.05) is 40.9 Å². The zero-order valence-corrected chi connectivity index (χ0v) is 48.6. The molecule has 0 bridgehead atoms. The molecule has 0 spiro atoms. The molecule has 0 heterocycles. The molecule has 3 unspecified atom stereocenters. The van der Waals surface area contributed by atoms with Gasteiger partial charge in [0, 0.05) is 6.42 Å². The van der Waals surface area contributed by atoms with Crippen LogP contribution in [0.2, 0.25) is 0 Å². The van der Waals surface area contributed by atoms with Gasteiger partial charge in [-0.15, -0.1) is 0 Å². The number of phosphoric acid groups is 1. The number of likely N-dealkylation sites (N-methyl/N-ethyl adjacent to an activating group) is 1. The van der Waals surface area contributed by atoms with Crippen LogP contribution in [0.1, 0.15) is 322 Å². The van der Waals surface area contributed by atoms with Crippen LogP contribution in [0.25, 0.3) is 0 Å². The maximum absolute atomic E-state index is 13.0. The Balaban J connectivity index is 4.10. The van der Waals surface area contributed by atoms with E-state index in [1.807, 2.05) is 27.2 Å². The van der Waals surface area contributed by atoms with Gasteiger partial charge in [0.15, 0.2) is 0 Å². The predicted octanol–water partition coefficient (Wildman–Crippen LogP) is 18.4. The van der Waals surface area contributed by atoms with Gasteiger partial charge in [-0.1, -0.05) is 309 Å². The first-order valence-corrected chi connectivity index (χ1v) is 32.5. The van der Waals surface area contributed by atoms with Gasteiger partial charge in [0.1, 0.15) is 13.2 Å². The van der Waals surface area contributed by atoms with Crippen LogP contribution in [0.5, 0.6) is 0 Å². The number of nitrogens with zero attached hydrogens (tertiary/aromatic N) is 1. The highest BCUT2D eigenvalue weighted by molar-refractivity contribution is 7.45. The first-order valence-electron chi connectivity index (χ1n) is 31.1. The number of quaternary nitrogens is 1. The summed E-state index contributed by atoms with van der Waals surface area (Å²) >= 11 is 0. The molecule has 0 aromatic heterocycles. The van der Waals surface area contributed by atoms with E-state index in [4.69, 9.17) is 9.05 Å². The van der Waals surface area contributed by atoms with E-state index in [0.717, 1.165) is 38.5 Å². The number of nitrogens with one attached hydrogen (secondary N) is 1. The second-order valence-electron chi connectivity index (χ2n) is 22.8. The van der Waals surface area contributed by atoms with Crippen molar-refractivity contribution in [1.82, 2.24) is 5.32 Å². The number of aliphatic hydroxyl groups excluding tert-OH is 1. The van der Waals surface area contributed by atoms with Gasteiger partial charge in [-0.3, -0.25) is 9.36 Å². The second kappa shape index (κ2) is 53.1. The topological polar surface area (TPSA) is 108 Å². The minimum Gasteiger partial charge on any atom is -0.756 e. The molecule has 9 heteroatoms. The summed E-state index contributed by atoms with van der Waals surface area (Å²) in [5, 5.41) is 13.9. The van der Waals surface area contributed by atoms with Gasteiger partial charge in [0.2, 0.25) is 5.91 Å². The van der Waals surface area contributed by atoms with Crippen molar-refractivity contribution in [2.45, 2.75) is 334 Å². The van der Waals surface area contributed by atoms with Crippen molar-refractivity contribution in [3.63, 3.8) is 0 Å². The van der Waals surface area contributed by atoms with Crippen molar-refractivity contribution in [3.05, 3.63) is 12.2 Å². The summed E-state index contributed by atoms with van der Waals surface area (Å²) in [7, 11) is 1.28. The van der Waals surface area contributed by atoms with Gasteiger partial charge in [-0.25, -0.2) is 0 Å². The van der Waals surface area contributed by atoms with E-state index in [-0.39, 0.29) is 19.1 Å². The molecule has 0 saturated heterocycles. The van der Waals surface area contributed by atoms with Gasteiger partial charge in [0.05, 0.1) is 39.9 Å². The first kappa shape index (κ1) is 69.2. The van der Waals surface area contributed by atoms with Gasteiger partial charge < -0.3 is 28.8 Å². The van der Waals surface area contributed by atoms with Crippen LogP contribution in [-0.4, -0.2) is 68.5 Å². The predicted molar refractivity (Wildman–Crippen MR) is 302 cm³/mol. The molecule has 70 heavy (non-hydrogen) atoms. The van der Waals surface area contributed by atoms with Crippen molar-refractivity contribution >= 4 is 13.7 Å². The highest BCUT2D eigenvalue weighted by Crippen LogP contribution is 2.38. The Morgan fingerprint density at radius 3 is 1.07 bits per heavy atom. The number of aliphatic hydroxyl groups is 1. The summed E-state index contributed by atoms with van der Waals surface area (Å²) in [6, 6.07) is -0.882. The maximum atomic E-state index is 13.0. The monoisotopic (exact) mass is 1010 g/mol. The lowest BCUT2D eigenvalue weighted by Crippen LogP contribution is -2.45. The molecule has 418 valence electrons. The maximum Gasteiger partial charge on any atom is 0.268 e. The molecule has 1 amide bonds. The Morgan fingerprint density at radius 1 is 0.486 bits per heavy atom. The van der Waals surface area contributed by atoms with Crippen molar-refractivity contribution in [2.24, 2.45) is 0 Å². The molecular weight excluding hydrogens is 888 g/mol. The van der Waals surface area contributed by atoms with E-state index in [2.05, 4.69) is 19.2 Å².